The number of nitrogens with zero attached hydrogens (tertiary/aromatic N) is 1. The minimum absolute atomic E-state index is 0.0852. The van der Waals surface area contributed by atoms with E-state index in [2.05, 4.69) is 4.74 Å². The Kier molecular flexibility index (Phi) is 6.04. The van der Waals surface area contributed by atoms with Crippen LogP contribution in [0.5, 0.6) is 0 Å². The lowest BCUT2D eigenvalue weighted by molar-refractivity contribution is -0.140. The van der Waals surface area contributed by atoms with Crippen LogP contribution in [0.4, 0.5) is 0 Å². The van der Waals surface area contributed by atoms with Crippen molar-refractivity contribution in [3.05, 3.63) is 41.5 Å². The number of benzene rings is 1. The number of rotatable bonds is 6. The number of hydrogen-bond donors (Lipinski definition) is 0. The van der Waals surface area contributed by atoms with Gasteiger partial charge in [0.25, 0.3) is 0 Å². The molecule has 0 fully saturated rings. The van der Waals surface area contributed by atoms with E-state index in [9.17, 15) is 9.59 Å². The van der Waals surface area contributed by atoms with Gasteiger partial charge >= 0.3 is 5.97 Å². The Morgan fingerprint density at radius 3 is 2.53 bits per heavy atom. The molecular formula is C15H15NO3. The second-order valence-electron chi connectivity index (χ2n) is 3.89. The zero-order valence-electron chi connectivity index (χ0n) is 10.8. The molecule has 0 aliphatic carbocycles. The number of carbonyl (C=O) groups is 2. The monoisotopic (exact) mass is 257 g/mol. The lowest BCUT2D eigenvalue weighted by atomic mass is 10.0. The SMILES string of the molecule is COC(=O)CCC(=O)c1ccc(C=CCC#N)cc1. The van der Waals surface area contributed by atoms with Crippen LogP contribution in [0.1, 0.15) is 35.2 Å². The first-order chi connectivity index (χ1) is 9.17. The van der Waals surface area contributed by atoms with Gasteiger partial charge in [-0.15, -0.1) is 0 Å². The zero-order chi connectivity index (χ0) is 14.1. The maximum Gasteiger partial charge on any atom is 0.305 e. The molecule has 0 aliphatic rings. The maximum atomic E-state index is 11.8. The summed E-state index contributed by atoms with van der Waals surface area (Å²) in [7, 11) is 1.30. The fourth-order valence-electron chi connectivity index (χ4n) is 1.49. The van der Waals surface area contributed by atoms with Crippen molar-refractivity contribution in [3.8, 4) is 6.07 Å². The first-order valence-electron chi connectivity index (χ1n) is 5.91. The molecule has 0 heterocycles. The van der Waals surface area contributed by atoms with E-state index in [1.807, 2.05) is 12.1 Å². The van der Waals surface area contributed by atoms with Crippen molar-refractivity contribution < 1.29 is 14.3 Å². The van der Waals surface area contributed by atoms with Crippen LogP contribution in [0.3, 0.4) is 0 Å². The van der Waals surface area contributed by atoms with Crippen LogP contribution in [0.15, 0.2) is 30.3 Å². The third-order valence-corrected chi connectivity index (χ3v) is 2.54. The molecule has 0 atom stereocenters. The Bertz CT molecular complexity index is 509. The highest BCUT2D eigenvalue weighted by atomic mass is 16.5. The largest absolute Gasteiger partial charge is 0.469 e. The highest BCUT2D eigenvalue weighted by Crippen LogP contribution is 2.10. The summed E-state index contributed by atoms with van der Waals surface area (Å²) in [6.07, 6.45) is 4.19. The molecule has 1 rings (SSSR count). The molecule has 0 bridgehead atoms. The molecule has 0 radical (unpaired) electrons. The van der Waals surface area contributed by atoms with Crippen molar-refractivity contribution in [2.24, 2.45) is 0 Å². The summed E-state index contributed by atoms with van der Waals surface area (Å²) in [6.45, 7) is 0. The highest BCUT2D eigenvalue weighted by Gasteiger charge is 2.08. The molecule has 1 aromatic rings. The summed E-state index contributed by atoms with van der Waals surface area (Å²) in [4.78, 5) is 22.7. The normalized spacial score (nSPS) is 10.1. The summed E-state index contributed by atoms with van der Waals surface area (Å²) in [5.74, 6) is -0.470. The predicted octanol–water partition coefficient (Wildman–Crippen LogP) is 2.75. The van der Waals surface area contributed by atoms with Gasteiger partial charge in [-0.2, -0.15) is 5.26 Å². The molecule has 98 valence electrons. The number of methoxy groups -OCH3 is 1. The minimum atomic E-state index is -0.385. The molecule has 19 heavy (non-hydrogen) atoms. The van der Waals surface area contributed by atoms with E-state index in [0.29, 0.717) is 12.0 Å². The fraction of sp³-hybridized carbons (Fsp3) is 0.267. The van der Waals surface area contributed by atoms with Gasteiger partial charge in [-0.3, -0.25) is 9.59 Å². The fourth-order valence-corrected chi connectivity index (χ4v) is 1.49. The second kappa shape index (κ2) is 7.83. The number of carbonyl (C=O) groups excluding carboxylic acids is 2. The van der Waals surface area contributed by atoms with Crippen LogP contribution in [0, 0.1) is 11.3 Å². The van der Waals surface area contributed by atoms with Gasteiger partial charge in [-0.1, -0.05) is 36.4 Å². The van der Waals surface area contributed by atoms with Crippen LogP contribution >= 0.6 is 0 Å². The number of ether oxygens (including phenoxy) is 1. The van der Waals surface area contributed by atoms with Crippen molar-refractivity contribution in [3.63, 3.8) is 0 Å². The van der Waals surface area contributed by atoms with Crippen molar-refractivity contribution in [1.29, 1.82) is 5.26 Å². The summed E-state index contributed by atoms with van der Waals surface area (Å²) in [5.41, 5.74) is 1.50. The average molecular weight is 257 g/mol. The summed E-state index contributed by atoms with van der Waals surface area (Å²) in [5, 5.41) is 8.40. The summed E-state index contributed by atoms with van der Waals surface area (Å²) in [6, 6.07) is 9.05. The quantitative estimate of drug-likeness (QED) is 0.580. The minimum Gasteiger partial charge on any atom is -0.469 e. The number of esters is 1. The Hall–Kier alpha value is -2.41. The maximum absolute atomic E-state index is 11.8. The lowest BCUT2D eigenvalue weighted by Gasteiger charge is -2.01. The van der Waals surface area contributed by atoms with Gasteiger partial charge in [0.1, 0.15) is 0 Å². The first kappa shape index (κ1) is 14.7. The summed E-state index contributed by atoms with van der Waals surface area (Å²) >= 11 is 0. The third-order valence-electron chi connectivity index (χ3n) is 2.54. The molecule has 4 heteroatoms. The molecule has 0 N–H and O–H groups in total. The lowest BCUT2D eigenvalue weighted by Crippen LogP contribution is -2.05. The van der Waals surface area contributed by atoms with Crippen molar-refractivity contribution in [2.75, 3.05) is 7.11 Å². The van der Waals surface area contributed by atoms with Crippen LogP contribution in [-0.2, 0) is 9.53 Å². The van der Waals surface area contributed by atoms with E-state index in [1.165, 1.54) is 7.11 Å². The first-order valence-corrected chi connectivity index (χ1v) is 5.91. The molecule has 0 amide bonds. The number of allylic oxidation sites excluding steroid dienone is 1. The molecule has 0 unspecified atom stereocenters. The third kappa shape index (κ3) is 5.17. The Labute approximate surface area is 112 Å². The van der Waals surface area contributed by atoms with Gasteiger partial charge < -0.3 is 4.74 Å². The number of nitriles is 1. The van der Waals surface area contributed by atoms with Crippen LogP contribution in [0.2, 0.25) is 0 Å². The van der Waals surface area contributed by atoms with E-state index in [4.69, 9.17) is 5.26 Å². The summed E-state index contributed by atoms with van der Waals surface area (Å²) < 4.78 is 4.48. The Morgan fingerprint density at radius 2 is 1.95 bits per heavy atom. The predicted molar refractivity (Wildman–Crippen MR) is 71.3 cm³/mol. The van der Waals surface area contributed by atoms with Gasteiger partial charge in [0.2, 0.25) is 0 Å². The number of Topliss-reactive ketones (excluding diaryl/α,β-unsaturated/α-hetero) is 1. The van der Waals surface area contributed by atoms with E-state index < -0.39 is 0 Å². The smallest absolute Gasteiger partial charge is 0.305 e. The highest BCUT2D eigenvalue weighted by molar-refractivity contribution is 5.97. The zero-order valence-corrected chi connectivity index (χ0v) is 10.8. The standard InChI is InChI=1S/C15H15NO3/c1-19-15(18)10-9-14(17)13-7-5-12(6-8-13)4-2-3-11-16/h2,4-8H,3,9-10H2,1H3. The molecule has 0 saturated carbocycles. The van der Waals surface area contributed by atoms with Crippen LogP contribution in [-0.4, -0.2) is 18.9 Å². The van der Waals surface area contributed by atoms with E-state index in [1.54, 1.807) is 30.3 Å². The van der Waals surface area contributed by atoms with Gasteiger partial charge in [-0.25, -0.2) is 0 Å². The Morgan fingerprint density at radius 1 is 1.26 bits per heavy atom. The van der Waals surface area contributed by atoms with Gasteiger partial charge in [0, 0.05) is 12.0 Å². The van der Waals surface area contributed by atoms with Crippen molar-refractivity contribution in [1.82, 2.24) is 0 Å². The molecule has 0 aromatic heterocycles. The van der Waals surface area contributed by atoms with E-state index >= 15 is 0 Å². The molecule has 0 saturated heterocycles. The van der Waals surface area contributed by atoms with Gasteiger partial charge in [-0.05, 0) is 5.56 Å². The second-order valence-corrected chi connectivity index (χ2v) is 3.89. The van der Waals surface area contributed by atoms with E-state index in [-0.39, 0.29) is 24.6 Å². The van der Waals surface area contributed by atoms with Crippen molar-refractivity contribution >= 4 is 17.8 Å². The molecule has 1 aromatic carbocycles. The van der Waals surface area contributed by atoms with Gasteiger partial charge in [0.05, 0.1) is 26.0 Å². The Balaban J connectivity index is 2.58. The van der Waals surface area contributed by atoms with Crippen LogP contribution < -0.4 is 0 Å². The molecular weight excluding hydrogens is 242 g/mol. The number of hydrogen-bond acceptors (Lipinski definition) is 4. The number of ketones is 1. The molecule has 4 nitrogen and oxygen atoms in total. The van der Waals surface area contributed by atoms with Crippen molar-refractivity contribution in [2.45, 2.75) is 19.3 Å². The molecule has 0 aliphatic heterocycles. The average Bonchev–Trinajstić information content (AvgIpc) is 2.45. The van der Waals surface area contributed by atoms with E-state index in [0.717, 1.165) is 5.56 Å². The topological polar surface area (TPSA) is 67.2 Å². The van der Waals surface area contributed by atoms with Gasteiger partial charge in [0.15, 0.2) is 5.78 Å². The molecule has 0 spiro atoms. The van der Waals surface area contributed by atoms with Crippen LogP contribution in [0.25, 0.3) is 6.08 Å².